The molecule has 0 aliphatic rings. The van der Waals surface area contributed by atoms with E-state index in [1.807, 2.05) is 6.07 Å². The fourth-order valence-corrected chi connectivity index (χ4v) is 4.54. The highest BCUT2D eigenvalue weighted by atomic mass is 32.1. The minimum Gasteiger partial charge on any atom is -0.488 e. The number of ether oxygens (including phenoxy) is 2. The highest BCUT2D eigenvalue weighted by Crippen LogP contribution is 2.35. The molecule has 2 aromatic carbocycles. The van der Waals surface area contributed by atoms with Crippen LogP contribution in [0.2, 0.25) is 0 Å². The molecule has 37 heavy (non-hydrogen) atoms. The van der Waals surface area contributed by atoms with Crippen molar-refractivity contribution in [1.29, 1.82) is 5.26 Å². The van der Waals surface area contributed by atoms with Crippen LogP contribution in [0.4, 0.5) is 9.39 Å². The smallest absolute Gasteiger partial charge is 0.341 e. The number of nitrogens with one attached hydrogen (secondary N) is 1. The molecule has 1 N–H and O–H groups in total. The largest absolute Gasteiger partial charge is 0.488 e. The second-order valence-electron chi connectivity index (χ2n) is 7.99. The molecule has 0 saturated heterocycles. The Morgan fingerprint density at radius 2 is 1.81 bits per heavy atom. The van der Waals surface area contributed by atoms with Crippen molar-refractivity contribution in [2.45, 2.75) is 13.5 Å². The van der Waals surface area contributed by atoms with Crippen molar-refractivity contribution in [2.24, 2.45) is 0 Å². The van der Waals surface area contributed by atoms with Gasteiger partial charge in [0.25, 0.3) is 11.8 Å². The van der Waals surface area contributed by atoms with E-state index in [0.29, 0.717) is 22.4 Å². The van der Waals surface area contributed by atoms with Crippen LogP contribution in [0.1, 0.15) is 36.7 Å². The van der Waals surface area contributed by atoms with Crippen molar-refractivity contribution in [3.63, 3.8) is 0 Å². The molecule has 0 aliphatic carbocycles. The van der Waals surface area contributed by atoms with Crippen molar-refractivity contribution in [3.8, 4) is 11.8 Å². The van der Waals surface area contributed by atoms with Gasteiger partial charge in [-0.05, 0) is 30.7 Å². The van der Waals surface area contributed by atoms with E-state index in [2.05, 4.69) is 5.32 Å². The lowest BCUT2D eigenvalue weighted by molar-refractivity contribution is -0.112. The van der Waals surface area contributed by atoms with E-state index in [-0.39, 0.29) is 33.5 Å². The second kappa shape index (κ2) is 12.0. The minimum atomic E-state index is -0.790. The number of methoxy groups -OCH3 is 1. The third kappa shape index (κ3) is 6.20. The number of rotatable bonds is 8. The Balaban J connectivity index is 1.91. The normalized spacial score (nSPS) is 10.9. The van der Waals surface area contributed by atoms with E-state index in [1.165, 1.54) is 24.2 Å². The average molecular weight is 522 g/mol. The number of carbonyl (C=O) groups excluding carboxylic acids is 3. The first-order valence-electron chi connectivity index (χ1n) is 11.0. The predicted octanol–water partition coefficient (Wildman–Crippen LogP) is 4.81. The molecular weight excluding hydrogens is 497 g/mol. The first-order chi connectivity index (χ1) is 17.7. The number of halogens is 1. The molecule has 1 heterocycles. The fraction of sp³-hybridized carbons (Fsp3) is 0.185. The van der Waals surface area contributed by atoms with E-state index < -0.39 is 17.7 Å². The summed E-state index contributed by atoms with van der Waals surface area (Å²) >= 11 is 0.918. The summed E-state index contributed by atoms with van der Waals surface area (Å²) in [4.78, 5) is 39.6. The number of benzene rings is 2. The van der Waals surface area contributed by atoms with Gasteiger partial charge in [-0.15, -0.1) is 11.3 Å². The first-order valence-corrected chi connectivity index (χ1v) is 11.8. The maximum absolute atomic E-state index is 14.0. The van der Waals surface area contributed by atoms with Gasteiger partial charge in [0, 0.05) is 25.2 Å². The zero-order valence-corrected chi connectivity index (χ0v) is 21.4. The van der Waals surface area contributed by atoms with Crippen LogP contribution in [0.15, 0.2) is 54.1 Å². The lowest BCUT2D eigenvalue weighted by Crippen LogP contribution is -2.21. The monoisotopic (exact) mass is 521 g/mol. The summed E-state index contributed by atoms with van der Waals surface area (Å²) in [5.41, 5.74) is 0.900. The van der Waals surface area contributed by atoms with Gasteiger partial charge >= 0.3 is 5.97 Å². The number of anilines is 1. The summed E-state index contributed by atoms with van der Waals surface area (Å²) in [6.45, 7) is 1.53. The third-order valence-corrected chi connectivity index (χ3v) is 6.48. The zero-order chi connectivity index (χ0) is 27.1. The van der Waals surface area contributed by atoms with Crippen molar-refractivity contribution in [1.82, 2.24) is 4.90 Å². The van der Waals surface area contributed by atoms with Gasteiger partial charge in [0.05, 0.1) is 17.6 Å². The van der Waals surface area contributed by atoms with E-state index in [9.17, 15) is 24.0 Å². The highest BCUT2D eigenvalue weighted by Gasteiger charge is 2.27. The first kappa shape index (κ1) is 27.1. The molecule has 10 heteroatoms. The van der Waals surface area contributed by atoms with Crippen molar-refractivity contribution in [3.05, 3.63) is 87.1 Å². The van der Waals surface area contributed by atoms with Gasteiger partial charge in [-0.25, -0.2) is 9.18 Å². The van der Waals surface area contributed by atoms with Crippen molar-refractivity contribution in [2.75, 3.05) is 26.5 Å². The van der Waals surface area contributed by atoms with Crippen LogP contribution in [-0.2, 0) is 16.1 Å². The molecule has 0 unspecified atom stereocenters. The van der Waals surface area contributed by atoms with Crippen LogP contribution in [0.3, 0.4) is 0 Å². The van der Waals surface area contributed by atoms with E-state index >= 15 is 0 Å². The van der Waals surface area contributed by atoms with Crippen LogP contribution in [-0.4, -0.2) is 43.9 Å². The summed E-state index contributed by atoms with van der Waals surface area (Å²) < 4.78 is 24.6. The summed E-state index contributed by atoms with van der Waals surface area (Å²) in [5.74, 6) is -1.93. The molecule has 0 spiro atoms. The summed E-state index contributed by atoms with van der Waals surface area (Å²) in [6.07, 6.45) is 1.33. The Morgan fingerprint density at radius 1 is 1.14 bits per heavy atom. The molecule has 190 valence electrons. The molecule has 8 nitrogen and oxygen atoms in total. The number of hydrogen-bond acceptors (Lipinski definition) is 7. The maximum Gasteiger partial charge on any atom is 0.341 e. The van der Waals surface area contributed by atoms with Gasteiger partial charge in [0.15, 0.2) is 0 Å². The zero-order valence-electron chi connectivity index (χ0n) is 20.6. The van der Waals surface area contributed by atoms with Gasteiger partial charge in [0.2, 0.25) is 0 Å². The Bertz CT molecular complexity index is 1420. The molecule has 0 atom stereocenters. The number of hydrogen-bond donors (Lipinski definition) is 1. The molecule has 0 radical (unpaired) electrons. The van der Waals surface area contributed by atoms with E-state index in [4.69, 9.17) is 9.47 Å². The number of carbonyl (C=O) groups is 3. The molecule has 0 aliphatic heterocycles. The fourth-order valence-electron chi connectivity index (χ4n) is 3.33. The SMILES string of the molecule is COC(=O)c1c(NC(=O)C(C#N)=Cc2ccccc2OCc2ccccc2F)sc(C(=O)N(C)C)c1C. The van der Waals surface area contributed by atoms with Crippen LogP contribution < -0.4 is 10.1 Å². The molecule has 2 amide bonds. The van der Waals surface area contributed by atoms with Gasteiger partial charge < -0.3 is 19.7 Å². The van der Waals surface area contributed by atoms with Crippen LogP contribution in [0, 0.1) is 24.1 Å². The van der Waals surface area contributed by atoms with Crippen molar-refractivity contribution >= 4 is 40.2 Å². The van der Waals surface area contributed by atoms with Gasteiger partial charge in [-0.1, -0.05) is 36.4 Å². The molecule has 0 fully saturated rings. The number of amides is 2. The Hall–Kier alpha value is -4.49. The topological polar surface area (TPSA) is 109 Å². The Labute approximate surface area is 217 Å². The third-order valence-electron chi connectivity index (χ3n) is 5.29. The van der Waals surface area contributed by atoms with Crippen molar-refractivity contribution < 1.29 is 28.2 Å². The predicted molar refractivity (Wildman–Crippen MR) is 138 cm³/mol. The molecule has 0 bridgehead atoms. The lowest BCUT2D eigenvalue weighted by atomic mass is 10.1. The second-order valence-corrected chi connectivity index (χ2v) is 9.01. The number of thiophene rings is 1. The molecular formula is C27H24FN3O5S. The number of para-hydroxylation sites is 1. The lowest BCUT2D eigenvalue weighted by Gasteiger charge is -2.10. The van der Waals surface area contributed by atoms with E-state index in [0.717, 1.165) is 11.3 Å². The Morgan fingerprint density at radius 3 is 2.46 bits per heavy atom. The quantitative estimate of drug-likeness (QED) is 0.259. The van der Waals surface area contributed by atoms with Gasteiger partial charge in [0.1, 0.15) is 34.8 Å². The van der Waals surface area contributed by atoms with Gasteiger partial charge in [-0.2, -0.15) is 5.26 Å². The molecule has 3 aromatic rings. The molecule has 1 aromatic heterocycles. The Kier molecular flexibility index (Phi) is 8.77. The van der Waals surface area contributed by atoms with Crippen LogP contribution in [0.5, 0.6) is 5.75 Å². The number of nitrogens with zero attached hydrogens (tertiary/aromatic N) is 2. The average Bonchev–Trinajstić information content (AvgIpc) is 3.21. The van der Waals surface area contributed by atoms with Crippen LogP contribution in [0.25, 0.3) is 6.08 Å². The van der Waals surface area contributed by atoms with Crippen LogP contribution >= 0.6 is 11.3 Å². The highest BCUT2D eigenvalue weighted by molar-refractivity contribution is 7.18. The summed E-state index contributed by atoms with van der Waals surface area (Å²) in [6, 6.07) is 14.7. The number of esters is 1. The summed E-state index contributed by atoms with van der Waals surface area (Å²) in [7, 11) is 4.33. The number of nitriles is 1. The maximum atomic E-state index is 14.0. The molecule has 3 rings (SSSR count). The summed E-state index contributed by atoms with van der Waals surface area (Å²) in [5, 5.41) is 12.3. The van der Waals surface area contributed by atoms with E-state index in [1.54, 1.807) is 63.5 Å². The van der Waals surface area contributed by atoms with Gasteiger partial charge in [-0.3, -0.25) is 9.59 Å². The standard InChI is InChI=1S/C27H24FN3O5S/c1-16-22(27(34)35-4)25(37-23(16)26(33)31(2)3)30-24(32)19(14-29)13-17-9-6-8-12-21(17)36-15-18-10-5-7-11-20(18)28/h5-13H,15H2,1-4H3,(H,30,32). The minimum absolute atomic E-state index is 0.0389. The molecule has 0 saturated carbocycles.